The molecule has 126 valence electrons. The van der Waals surface area contributed by atoms with Gasteiger partial charge in [-0.3, -0.25) is 9.59 Å². The summed E-state index contributed by atoms with van der Waals surface area (Å²) in [6.45, 7) is 4.24. The van der Waals surface area contributed by atoms with E-state index in [-0.39, 0.29) is 11.8 Å². The fourth-order valence-electron chi connectivity index (χ4n) is 2.08. The fraction of sp³-hybridized carbons (Fsp3) is 0.263. The Morgan fingerprint density at radius 1 is 1.04 bits per heavy atom. The number of hydrogen-bond acceptors (Lipinski definition) is 3. The standard InChI is InChI=1S/C19H22N2O3/c1-3-13-24-17-12-8-7-11-16(17)21-18(22)14(2)20-19(23)15-9-5-4-6-10-15/h4-12,14H,3,13H2,1-2H3,(H,20,23)(H,21,22). The number of rotatable bonds is 7. The van der Waals surface area contributed by atoms with Crippen LogP contribution in [0.15, 0.2) is 54.6 Å². The van der Waals surface area contributed by atoms with Gasteiger partial charge < -0.3 is 15.4 Å². The zero-order valence-electron chi connectivity index (χ0n) is 13.9. The second kappa shape index (κ2) is 8.72. The van der Waals surface area contributed by atoms with Crippen molar-refractivity contribution in [3.63, 3.8) is 0 Å². The molecule has 0 radical (unpaired) electrons. The Balaban J connectivity index is 1.98. The van der Waals surface area contributed by atoms with Crippen LogP contribution in [0.4, 0.5) is 5.69 Å². The van der Waals surface area contributed by atoms with Crippen LogP contribution in [-0.2, 0) is 4.79 Å². The van der Waals surface area contributed by atoms with E-state index < -0.39 is 6.04 Å². The number of para-hydroxylation sites is 2. The van der Waals surface area contributed by atoms with E-state index in [2.05, 4.69) is 10.6 Å². The minimum atomic E-state index is -0.670. The molecule has 0 spiro atoms. The van der Waals surface area contributed by atoms with Gasteiger partial charge in [0.2, 0.25) is 5.91 Å². The van der Waals surface area contributed by atoms with Crippen molar-refractivity contribution in [2.45, 2.75) is 26.3 Å². The SMILES string of the molecule is CCCOc1ccccc1NC(=O)C(C)NC(=O)c1ccccc1. The third-order valence-electron chi connectivity index (χ3n) is 3.38. The van der Waals surface area contributed by atoms with Crippen molar-refractivity contribution in [2.75, 3.05) is 11.9 Å². The van der Waals surface area contributed by atoms with Crippen molar-refractivity contribution in [1.82, 2.24) is 5.32 Å². The molecule has 5 nitrogen and oxygen atoms in total. The molecule has 0 saturated carbocycles. The molecule has 0 heterocycles. The molecule has 0 aliphatic rings. The number of benzene rings is 2. The van der Waals surface area contributed by atoms with Crippen LogP contribution < -0.4 is 15.4 Å². The van der Waals surface area contributed by atoms with Crippen molar-refractivity contribution >= 4 is 17.5 Å². The van der Waals surface area contributed by atoms with Crippen LogP contribution >= 0.6 is 0 Å². The summed E-state index contributed by atoms with van der Waals surface area (Å²) in [6.07, 6.45) is 0.881. The summed E-state index contributed by atoms with van der Waals surface area (Å²) in [7, 11) is 0. The highest BCUT2D eigenvalue weighted by molar-refractivity contribution is 6.01. The van der Waals surface area contributed by atoms with Crippen molar-refractivity contribution in [2.24, 2.45) is 0 Å². The fourth-order valence-corrected chi connectivity index (χ4v) is 2.08. The third kappa shape index (κ3) is 4.84. The average molecular weight is 326 g/mol. The smallest absolute Gasteiger partial charge is 0.251 e. The maximum absolute atomic E-state index is 12.3. The van der Waals surface area contributed by atoms with E-state index >= 15 is 0 Å². The number of ether oxygens (including phenoxy) is 1. The second-order valence-electron chi connectivity index (χ2n) is 5.40. The van der Waals surface area contributed by atoms with Gasteiger partial charge in [0, 0.05) is 5.56 Å². The van der Waals surface area contributed by atoms with Crippen LogP contribution in [0.25, 0.3) is 0 Å². The van der Waals surface area contributed by atoms with Gasteiger partial charge in [0.25, 0.3) is 5.91 Å². The maximum Gasteiger partial charge on any atom is 0.251 e. The molecule has 24 heavy (non-hydrogen) atoms. The predicted octanol–water partition coefficient (Wildman–Crippen LogP) is 3.23. The van der Waals surface area contributed by atoms with Gasteiger partial charge in [-0.25, -0.2) is 0 Å². The number of anilines is 1. The molecule has 2 rings (SSSR count). The van der Waals surface area contributed by atoms with Gasteiger partial charge in [0.05, 0.1) is 12.3 Å². The van der Waals surface area contributed by atoms with E-state index in [0.29, 0.717) is 23.6 Å². The van der Waals surface area contributed by atoms with Gasteiger partial charge in [-0.05, 0) is 37.6 Å². The quantitative estimate of drug-likeness (QED) is 0.821. The number of amides is 2. The molecule has 2 aromatic rings. The molecule has 0 aliphatic heterocycles. The van der Waals surface area contributed by atoms with E-state index in [1.165, 1.54) is 0 Å². The maximum atomic E-state index is 12.3. The lowest BCUT2D eigenvalue weighted by atomic mass is 10.2. The number of carbonyl (C=O) groups excluding carboxylic acids is 2. The highest BCUT2D eigenvalue weighted by atomic mass is 16.5. The molecule has 2 aromatic carbocycles. The predicted molar refractivity (Wildman–Crippen MR) is 94.2 cm³/mol. The van der Waals surface area contributed by atoms with Gasteiger partial charge in [-0.15, -0.1) is 0 Å². The van der Waals surface area contributed by atoms with Crippen LogP contribution in [0.3, 0.4) is 0 Å². The van der Waals surface area contributed by atoms with Crippen molar-refractivity contribution in [3.05, 3.63) is 60.2 Å². The molecule has 0 fully saturated rings. The Morgan fingerprint density at radius 3 is 2.42 bits per heavy atom. The van der Waals surface area contributed by atoms with Crippen molar-refractivity contribution in [1.29, 1.82) is 0 Å². The van der Waals surface area contributed by atoms with Crippen molar-refractivity contribution < 1.29 is 14.3 Å². The molecular formula is C19H22N2O3. The highest BCUT2D eigenvalue weighted by Gasteiger charge is 2.17. The molecular weight excluding hydrogens is 304 g/mol. The third-order valence-corrected chi connectivity index (χ3v) is 3.38. The number of nitrogens with one attached hydrogen (secondary N) is 2. The Labute approximate surface area is 142 Å². The number of carbonyl (C=O) groups is 2. The molecule has 0 aromatic heterocycles. The molecule has 0 saturated heterocycles. The van der Waals surface area contributed by atoms with Crippen LogP contribution in [0.1, 0.15) is 30.6 Å². The van der Waals surface area contributed by atoms with Gasteiger partial charge in [0.1, 0.15) is 11.8 Å². The van der Waals surface area contributed by atoms with Crippen LogP contribution in [0.2, 0.25) is 0 Å². The number of hydrogen-bond donors (Lipinski definition) is 2. The summed E-state index contributed by atoms with van der Waals surface area (Å²) in [6, 6.07) is 15.4. The van der Waals surface area contributed by atoms with E-state index in [1.807, 2.05) is 25.1 Å². The molecule has 5 heteroatoms. The molecule has 2 N–H and O–H groups in total. The first-order valence-electron chi connectivity index (χ1n) is 8.00. The Bertz CT molecular complexity index is 686. The highest BCUT2D eigenvalue weighted by Crippen LogP contribution is 2.24. The van der Waals surface area contributed by atoms with Gasteiger partial charge in [-0.1, -0.05) is 37.3 Å². The van der Waals surface area contributed by atoms with Gasteiger partial charge >= 0.3 is 0 Å². The largest absolute Gasteiger partial charge is 0.491 e. The van der Waals surface area contributed by atoms with E-state index in [4.69, 9.17) is 4.74 Å². The summed E-state index contributed by atoms with van der Waals surface area (Å²) in [4.78, 5) is 24.4. The topological polar surface area (TPSA) is 67.4 Å². The first-order chi connectivity index (χ1) is 11.6. The lowest BCUT2D eigenvalue weighted by Crippen LogP contribution is -2.41. The molecule has 2 amide bonds. The average Bonchev–Trinajstić information content (AvgIpc) is 2.61. The minimum Gasteiger partial charge on any atom is -0.491 e. The minimum absolute atomic E-state index is 0.284. The normalized spacial score (nSPS) is 11.4. The first kappa shape index (κ1) is 17.5. The second-order valence-corrected chi connectivity index (χ2v) is 5.40. The van der Waals surface area contributed by atoms with E-state index in [9.17, 15) is 9.59 Å². The lowest BCUT2D eigenvalue weighted by Gasteiger charge is -2.16. The van der Waals surface area contributed by atoms with Crippen LogP contribution in [0, 0.1) is 0 Å². The zero-order chi connectivity index (χ0) is 17.4. The first-order valence-corrected chi connectivity index (χ1v) is 8.00. The van der Waals surface area contributed by atoms with E-state index in [1.54, 1.807) is 43.3 Å². The molecule has 0 aliphatic carbocycles. The molecule has 1 atom stereocenters. The summed E-state index contributed by atoms with van der Waals surface area (Å²) in [5.74, 6) is 0.0369. The summed E-state index contributed by atoms with van der Waals surface area (Å²) >= 11 is 0. The van der Waals surface area contributed by atoms with Gasteiger partial charge in [0.15, 0.2) is 0 Å². The van der Waals surface area contributed by atoms with Crippen molar-refractivity contribution in [3.8, 4) is 5.75 Å². The molecule has 0 bridgehead atoms. The summed E-state index contributed by atoms with van der Waals surface area (Å²) < 4.78 is 5.62. The summed E-state index contributed by atoms with van der Waals surface area (Å²) in [5, 5.41) is 5.48. The monoisotopic (exact) mass is 326 g/mol. The Morgan fingerprint density at radius 2 is 1.71 bits per heavy atom. The van der Waals surface area contributed by atoms with Crippen LogP contribution in [0.5, 0.6) is 5.75 Å². The molecule has 1 unspecified atom stereocenters. The van der Waals surface area contributed by atoms with Crippen LogP contribution in [-0.4, -0.2) is 24.5 Å². The van der Waals surface area contributed by atoms with Gasteiger partial charge in [-0.2, -0.15) is 0 Å². The van der Waals surface area contributed by atoms with E-state index in [0.717, 1.165) is 6.42 Å². The zero-order valence-corrected chi connectivity index (χ0v) is 13.9. The summed E-state index contributed by atoms with van der Waals surface area (Å²) in [5.41, 5.74) is 1.11. The lowest BCUT2D eigenvalue weighted by molar-refractivity contribution is -0.117. The Kier molecular flexibility index (Phi) is 6.37. The Hall–Kier alpha value is -2.82.